The van der Waals surface area contributed by atoms with Gasteiger partial charge in [0, 0.05) is 6.20 Å². The number of carbonyl (C=O) groups is 2. The summed E-state index contributed by atoms with van der Waals surface area (Å²) in [6, 6.07) is 7.40. The van der Waals surface area contributed by atoms with Gasteiger partial charge in [-0.25, -0.2) is 14.8 Å². The Hall–Kier alpha value is -2.76. The molecule has 114 valence electrons. The van der Waals surface area contributed by atoms with Crippen LogP contribution >= 0.6 is 0 Å². The Morgan fingerprint density at radius 2 is 1.95 bits per heavy atom. The van der Waals surface area contributed by atoms with E-state index in [1.54, 1.807) is 0 Å². The molecule has 0 fully saturated rings. The Balaban J connectivity index is 2.05. The Kier molecular flexibility index (Phi) is 4.83. The van der Waals surface area contributed by atoms with Crippen LogP contribution in [0, 0.1) is 13.8 Å². The summed E-state index contributed by atoms with van der Waals surface area (Å²) in [6.07, 6.45) is 1.63. The van der Waals surface area contributed by atoms with E-state index in [0.717, 1.165) is 11.1 Å². The number of carbonyl (C=O) groups excluding carboxylic acids is 2. The number of methoxy groups -OCH3 is 1. The molecule has 1 amide bonds. The van der Waals surface area contributed by atoms with E-state index in [4.69, 9.17) is 0 Å². The molecule has 0 aliphatic rings. The maximum atomic E-state index is 12.0. The van der Waals surface area contributed by atoms with Crippen molar-refractivity contribution in [3.8, 4) is 0 Å². The highest BCUT2D eigenvalue weighted by molar-refractivity contribution is 5.92. The topological polar surface area (TPSA) is 81.2 Å². The van der Waals surface area contributed by atoms with Crippen molar-refractivity contribution in [3.05, 3.63) is 53.0 Å². The zero-order chi connectivity index (χ0) is 16.1. The number of esters is 1. The maximum Gasteiger partial charge on any atom is 0.376 e. The lowest BCUT2D eigenvalue weighted by molar-refractivity contribution is -0.115. The smallest absolute Gasteiger partial charge is 0.376 e. The molecule has 0 bridgehead atoms. The summed E-state index contributed by atoms with van der Waals surface area (Å²) >= 11 is 0. The summed E-state index contributed by atoms with van der Waals surface area (Å²) < 4.78 is 4.54. The molecule has 0 atom stereocenters. The van der Waals surface area contributed by atoms with Crippen LogP contribution in [0.4, 0.5) is 5.82 Å². The monoisotopic (exact) mass is 299 g/mol. The van der Waals surface area contributed by atoms with Crippen molar-refractivity contribution in [2.45, 2.75) is 20.3 Å². The van der Waals surface area contributed by atoms with Crippen LogP contribution < -0.4 is 5.32 Å². The molecule has 6 heteroatoms. The van der Waals surface area contributed by atoms with E-state index < -0.39 is 5.97 Å². The number of nitrogens with one attached hydrogen (secondary N) is 1. The van der Waals surface area contributed by atoms with Crippen LogP contribution in [-0.4, -0.2) is 29.0 Å². The molecule has 0 saturated heterocycles. The van der Waals surface area contributed by atoms with Gasteiger partial charge in [0.2, 0.25) is 11.7 Å². The summed E-state index contributed by atoms with van der Waals surface area (Å²) in [7, 11) is 1.25. The first kappa shape index (κ1) is 15.6. The predicted molar refractivity (Wildman–Crippen MR) is 81.6 cm³/mol. The SMILES string of the molecule is COC(=O)c1nccc(NC(=O)Cc2ccc(C)c(C)c2)n1. The van der Waals surface area contributed by atoms with Crippen LogP contribution in [-0.2, 0) is 16.0 Å². The fourth-order valence-corrected chi connectivity index (χ4v) is 1.90. The van der Waals surface area contributed by atoms with Crippen LogP contribution in [0.3, 0.4) is 0 Å². The fourth-order valence-electron chi connectivity index (χ4n) is 1.90. The summed E-state index contributed by atoms with van der Waals surface area (Å²) in [5.74, 6) is -0.682. The average molecular weight is 299 g/mol. The van der Waals surface area contributed by atoms with Gasteiger partial charge in [-0.1, -0.05) is 18.2 Å². The van der Waals surface area contributed by atoms with Gasteiger partial charge in [0.25, 0.3) is 0 Å². The van der Waals surface area contributed by atoms with Gasteiger partial charge in [-0.05, 0) is 36.6 Å². The Morgan fingerprint density at radius 1 is 1.18 bits per heavy atom. The molecule has 0 aliphatic carbocycles. The minimum atomic E-state index is -0.648. The van der Waals surface area contributed by atoms with Crippen molar-refractivity contribution >= 4 is 17.7 Å². The molecule has 6 nitrogen and oxygen atoms in total. The third kappa shape index (κ3) is 3.88. The zero-order valence-electron chi connectivity index (χ0n) is 12.7. The van der Waals surface area contributed by atoms with Gasteiger partial charge in [0.1, 0.15) is 5.82 Å². The number of aromatic nitrogens is 2. The number of hydrogen-bond donors (Lipinski definition) is 1. The third-order valence-electron chi connectivity index (χ3n) is 3.23. The number of benzene rings is 1. The first-order valence-electron chi connectivity index (χ1n) is 6.77. The second-order valence-electron chi connectivity index (χ2n) is 4.90. The Bertz CT molecular complexity index is 714. The van der Waals surface area contributed by atoms with Gasteiger partial charge >= 0.3 is 5.97 Å². The lowest BCUT2D eigenvalue weighted by atomic mass is 10.0. The average Bonchev–Trinajstić information content (AvgIpc) is 2.50. The largest absolute Gasteiger partial charge is 0.463 e. The van der Waals surface area contributed by atoms with E-state index in [1.165, 1.54) is 24.9 Å². The zero-order valence-corrected chi connectivity index (χ0v) is 12.7. The number of amides is 1. The van der Waals surface area contributed by atoms with Gasteiger partial charge in [0.05, 0.1) is 13.5 Å². The van der Waals surface area contributed by atoms with Crippen LogP contribution in [0.2, 0.25) is 0 Å². The molecule has 0 saturated carbocycles. The molecule has 0 aliphatic heterocycles. The number of aryl methyl sites for hydroxylation is 2. The molecule has 1 heterocycles. The third-order valence-corrected chi connectivity index (χ3v) is 3.23. The normalized spacial score (nSPS) is 10.1. The number of anilines is 1. The highest BCUT2D eigenvalue weighted by Crippen LogP contribution is 2.11. The van der Waals surface area contributed by atoms with E-state index in [-0.39, 0.29) is 24.0 Å². The highest BCUT2D eigenvalue weighted by Gasteiger charge is 2.11. The van der Waals surface area contributed by atoms with Gasteiger partial charge in [0.15, 0.2) is 0 Å². The van der Waals surface area contributed by atoms with E-state index in [1.807, 2.05) is 32.0 Å². The predicted octanol–water partition coefficient (Wildman–Crippen LogP) is 2.06. The molecule has 2 rings (SSSR count). The molecule has 22 heavy (non-hydrogen) atoms. The van der Waals surface area contributed by atoms with Gasteiger partial charge in [-0.15, -0.1) is 0 Å². The van der Waals surface area contributed by atoms with E-state index in [9.17, 15) is 9.59 Å². The molecule has 1 aromatic carbocycles. The number of rotatable bonds is 4. The minimum absolute atomic E-state index is 0.0912. The van der Waals surface area contributed by atoms with Gasteiger partial charge in [-0.3, -0.25) is 4.79 Å². The van der Waals surface area contributed by atoms with Crippen LogP contribution in [0.15, 0.2) is 30.5 Å². The first-order chi connectivity index (χ1) is 10.5. The maximum absolute atomic E-state index is 12.0. The van der Waals surface area contributed by atoms with Crippen molar-refractivity contribution in [2.24, 2.45) is 0 Å². The molecular weight excluding hydrogens is 282 g/mol. The Morgan fingerprint density at radius 3 is 2.64 bits per heavy atom. The summed E-state index contributed by atoms with van der Waals surface area (Å²) in [5.41, 5.74) is 3.24. The van der Waals surface area contributed by atoms with Crippen LogP contribution in [0.5, 0.6) is 0 Å². The standard InChI is InChI=1S/C16H17N3O3/c1-10-4-5-12(8-11(10)2)9-14(20)18-13-6-7-17-15(19-13)16(21)22-3/h4-8H,9H2,1-3H3,(H,17,18,19,20). The van der Waals surface area contributed by atoms with Crippen LogP contribution in [0.1, 0.15) is 27.3 Å². The number of ether oxygens (including phenoxy) is 1. The lowest BCUT2D eigenvalue weighted by Crippen LogP contribution is -2.17. The second kappa shape index (κ2) is 6.80. The van der Waals surface area contributed by atoms with Crippen molar-refractivity contribution in [3.63, 3.8) is 0 Å². The number of hydrogen-bond acceptors (Lipinski definition) is 5. The van der Waals surface area contributed by atoms with E-state index in [0.29, 0.717) is 0 Å². The molecule has 2 aromatic rings. The molecule has 0 unspecified atom stereocenters. The van der Waals surface area contributed by atoms with Crippen molar-refractivity contribution in [2.75, 3.05) is 12.4 Å². The molecule has 1 aromatic heterocycles. The lowest BCUT2D eigenvalue weighted by Gasteiger charge is -2.07. The fraction of sp³-hybridized carbons (Fsp3) is 0.250. The second-order valence-corrected chi connectivity index (χ2v) is 4.90. The van der Waals surface area contributed by atoms with E-state index in [2.05, 4.69) is 20.0 Å². The van der Waals surface area contributed by atoms with Crippen LogP contribution in [0.25, 0.3) is 0 Å². The summed E-state index contributed by atoms with van der Waals surface area (Å²) in [6.45, 7) is 4.03. The summed E-state index contributed by atoms with van der Waals surface area (Å²) in [5, 5.41) is 2.65. The highest BCUT2D eigenvalue weighted by atomic mass is 16.5. The molecule has 0 radical (unpaired) electrons. The van der Waals surface area contributed by atoms with Gasteiger partial charge in [-0.2, -0.15) is 0 Å². The quantitative estimate of drug-likeness (QED) is 0.874. The Labute approximate surface area is 128 Å². The molecule has 1 N–H and O–H groups in total. The first-order valence-corrected chi connectivity index (χ1v) is 6.77. The summed E-state index contributed by atoms with van der Waals surface area (Å²) in [4.78, 5) is 31.1. The van der Waals surface area contributed by atoms with Crippen molar-refractivity contribution in [1.29, 1.82) is 0 Å². The van der Waals surface area contributed by atoms with Crippen molar-refractivity contribution in [1.82, 2.24) is 9.97 Å². The molecular formula is C16H17N3O3. The van der Waals surface area contributed by atoms with E-state index >= 15 is 0 Å². The minimum Gasteiger partial charge on any atom is -0.463 e. The molecule has 0 spiro atoms. The van der Waals surface area contributed by atoms with Crippen molar-refractivity contribution < 1.29 is 14.3 Å². The van der Waals surface area contributed by atoms with Gasteiger partial charge < -0.3 is 10.1 Å². The number of nitrogens with zero attached hydrogens (tertiary/aromatic N) is 2.